The van der Waals surface area contributed by atoms with Gasteiger partial charge in [-0.15, -0.1) is 0 Å². The van der Waals surface area contributed by atoms with Gasteiger partial charge in [-0.3, -0.25) is 9.59 Å². The molecule has 4 heteroatoms. The molecule has 2 rings (SSSR count). The molecule has 1 N–H and O–H groups in total. The maximum Gasteiger partial charge on any atom is 0.243 e. The van der Waals surface area contributed by atoms with Crippen molar-refractivity contribution in [3.05, 3.63) is 48.0 Å². The maximum absolute atomic E-state index is 11.9. The van der Waals surface area contributed by atoms with Crippen LogP contribution in [0.4, 0.5) is 0 Å². The second kappa shape index (κ2) is 7.07. The van der Waals surface area contributed by atoms with Gasteiger partial charge < -0.3 is 10.2 Å². The van der Waals surface area contributed by atoms with Crippen molar-refractivity contribution in [2.75, 3.05) is 19.6 Å². The van der Waals surface area contributed by atoms with Crippen molar-refractivity contribution >= 4 is 11.8 Å². The van der Waals surface area contributed by atoms with Crippen molar-refractivity contribution in [2.24, 2.45) is 5.92 Å². The minimum absolute atomic E-state index is 0.111. The molecular formula is C17H22N2O2. The summed E-state index contributed by atoms with van der Waals surface area (Å²) < 4.78 is 0. The predicted molar refractivity (Wildman–Crippen MR) is 82.8 cm³/mol. The molecule has 1 saturated heterocycles. The Bertz CT molecular complexity index is 533. The van der Waals surface area contributed by atoms with Crippen LogP contribution in [0, 0.1) is 12.8 Å². The van der Waals surface area contributed by atoms with Gasteiger partial charge >= 0.3 is 0 Å². The lowest BCUT2D eigenvalue weighted by Gasteiger charge is -2.39. The van der Waals surface area contributed by atoms with Crippen LogP contribution in [0.2, 0.25) is 0 Å². The van der Waals surface area contributed by atoms with Gasteiger partial charge in [-0.2, -0.15) is 0 Å². The number of nitrogens with one attached hydrogen (secondary N) is 1. The fraction of sp³-hybridized carbons (Fsp3) is 0.412. The molecule has 0 aromatic heterocycles. The van der Waals surface area contributed by atoms with Crippen LogP contribution in [-0.4, -0.2) is 36.3 Å². The first-order valence-corrected chi connectivity index (χ1v) is 7.32. The van der Waals surface area contributed by atoms with Gasteiger partial charge in [-0.05, 0) is 30.9 Å². The van der Waals surface area contributed by atoms with Crippen molar-refractivity contribution in [3.8, 4) is 0 Å². The molecule has 1 aromatic carbocycles. The molecule has 1 aromatic rings. The van der Waals surface area contributed by atoms with E-state index < -0.39 is 0 Å². The highest BCUT2D eigenvalue weighted by Crippen LogP contribution is 2.21. The van der Waals surface area contributed by atoms with Gasteiger partial charge in [0.25, 0.3) is 0 Å². The van der Waals surface area contributed by atoms with Crippen molar-refractivity contribution in [3.63, 3.8) is 0 Å². The van der Waals surface area contributed by atoms with E-state index >= 15 is 0 Å². The molecule has 1 heterocycles. The minimum atomic E-state index is -0.233. The Kier molecular flexibility index (Phi) is 5.14. The van der Waals surface area contributed by atoms with Gasteiger partial charge in [0.15, 0.2) is 0 Å². The molecule has 0 atom stereocenters. The summed E-state index contributed by atoms with van der Waals surface area (Å²) in [6, 6.07) is 8.52. The Balaban J connectivity index is 1.67. The second-order valence-electron chi connectivity index (χ2n) is 5.60. The van der Waals surface area contributed by atoms with Crippen molar-refractivity contribution in [1.29, 1.82) is 0 Å². The molecule has 0 saturated carbocycles. The molecule has 0 bridgehead atoms. The van der Waals surface area contributed by atoms with E-state index in [0.717, 1.165) is 19.5 Å². The number of aryl methyl sites for hydroxylation is 1. The van der Waals surface area contributed by atoms with Crippen LogP contribution in [0.3, 0.4) is 0 Å². The zero-order valence-electron chi connectivity index (χ0n) is 12.5. The van der Waals surface area contributed by atoms with Gasteiger partial charge in [0.05, 0.1) is 0 Å². The SMILES string of the molecule is C=CC(=O)NCCC(=O)N1CC(Cc2cccc(C)c2)C1. The lowest BCUT2D eigenvalue weighted by atomic mass is 9.91. The summed E-state index contributed by atoms with van der Waals surface area (Å²) in [7, 11) is 0. The number of benzene rings is 1. The molecular weight excluding hydrogens is 264 g/mol. The number of likely N-dealkylation sites (tertiary alicyclic amines) is 1. The molecule has 0 unspecified atom stereocenters. The summed E-state index contributed by atoms with van der Waals surface area (Å²) in [5, 5.41) is 2.62. The number of carbonyl (C=O) groups is 2. The standard InChI is InChI=1S/C17H22N2O2/c1-3-16(20)18-8-7-17(21)19-11-15(12-19)10-14-6-4-5-13(2)9-14/h3-6,9,15H,1,7-8,10-12H2,2H3,(H,18,20). The summed E-state index contributed by atoms with van der Waals surface area (Å²) in [6.07, 6.45) is 2.60. The Morgan fingerprint density at radius 1 is 1.43 bits per heavy atom. The maximum atomic E-state index is 11.9. The first-order chi connectivity index (χ1) is 10.1. The highest BCUT2D eigenvalue weighted by Gasteiger charge is 2.30. The van der Waals surface area contributed by atoms with Crippen molar-refractivity contribution < 1.29 is 9.59 Å². The van der Waals surface area contributed by atoms with Gasteiger partial charge in [-0.25, -0.2) is 0 Å². The lowest BCUT2D eigenvalue weighted by Crippen LogP contribution is -2.51. The lowest BCUT2D eigenvalue weighted by molar-refractivity contribution is -0.137. The smallest absolute Gasteiger partial charge is 0.243 e. The second-order valence-corrected chi connectivity index (χ2v) is 5.60. The Labute approximate surface area is 125 Å². The number of amides is 2. The molecule has 2 amide bonds. The van der Waals surface area contributed by atoms with Gasteiger partial charge in [0, 0.05) is 26.1 Å². The molecule has 1 aliphatic heterocycles. The Morgan fingerprint density at radius 3 is 2.86 bits per heavy atom. The third-order valence-electron chi connectivity index (χ3n) is 3.74. The normalized spacial score (nSPS) is 14.4. The van der Waals surface area contributed by atoms with Crippen LogP contribution >= 0.6 is 0 Å². The van der Waals surface area contributed by atoms with Crippen LogP contribution in [0.15, 0.2) is 36.9 Å². The van der Waals surface area contributed by atoms with Crippen molar-refractivity contribution in [1.82, 2.24) is 10.2 Å². The Morgan fingerprint density at radius 2 is 2.19 bits per heavy atom. The first kappa shape index (κ1) is 15.3. The summed E-state index contributed by atoms with van der Waals surface area (Å²) in [5.74, 6) is 0.433. The molecule has 0 radical (unpaired) electrons. The number of rotatable bonds is 6. The zero-order valence-corrected chi connectivity index (χ0v) is 12.5. The molecule has 0 spiro atoms. The van der Waals surface area contributed by atoms with Crippen LogP contribution in [0.1, 0.15) is 17.5 Å². The quantitative estimate of drug-likeness (QED) is 0.809. The molecule has 0 aliphatic carbocycles. The Hall–Kier alpha value is -2.10. The number of carbonyl (C=O) groups excluding carboxylic acids is 2. The highest BCUT2D eigenvalue weighted by atomic mass is 16.2. The zero-order chi connectivity index (χ0) is 15.2. The predicted octanol–water partition coefficient (Wildman–Crippen LogP) is 1.69. The summed E-state index contributed by atoms with van der Waals surface area (Å²) in [5.41, 5.74) is 2.61. The minimum Gasteiger partial charge on any atom is -0.352 e. The topological polar surface area (TPSA) is 49.4 Å². The van der Waals surface area contributed by atoms with E-state index in [-0.39, 0.29) is 11.8 Å². The van der Waals surface area contributed by atoms with E-state index in [9.17, 15) is 9.59 Å². The molecule has 4 nitrogen and oxygen atoms in total. The first-order valence-electron chi connectivity index (χ1n) is 7.32. The monoisotopic (exact) mass is 286 g/mol. The summed E-state index contributed by atoms with van der Waals surface area (Å²) >= 11 is 0. The molecule has 1 aliphatic rings. The van der Waals surface area contributed by atoms with Gasteiger partial charge in [-0.1, -0.05) is 36.4 Å². The third-order valence-corrected chi connectivity index (χ3v) is 3.74. The number of hydrogen-bond donors (Lipinski definition) is 1. The van der Waals surface area contributed by atoms with E-state index in [1.54, 1.807) is 0 Å². The van der Waals surface area contributed by atoms with Crippen LogP contribution in [0.5, 0.6) is 0 Å². The van der Waals surface area contributed by atoms with Gasteiger partial charge in [0.2, 0.25) is 11.8 Å². The van der Waals surface area contributed by atoms with Crippen LogP contribution in [-0.2, 0) is 16.0 Å². The number of nitrogens with zero attached hydrogens (tertiary/aromatic N) is 1. The highest BCUT2D eigenvalue weighted by molar-refractivity contribution is 5.87. The van der Waals surface area contributed by atoms with E-state index in [2.05, 4.69) is 43.1 Å². The van der Waals surface area contributed by atoms with Crippen molar-refractivity contribution in [2.45, 2.75) is 19.8 Å². The molecule has 1 fully saturated rings. The summed E-state index contributed by atoms with van der Waals surface area (Å²) in [4.78, 5) is 24.7. The van der Waals surface area contributed by atoms with Gasteiger partial charge in [0.1, 0.15) is 0 Å². The fourth-order valence-electron chi connectivity index (χ4n) is 2.60. The van der Waals surface area contributed by atoms with Crippen LogP contribution in [0.25, 0.3) is 0 Å². The van der Waals surface area contributed by atoms with E-state index in [1.807, 2.05) is 4.90 Å². The van der Waals surface area contributed by atoms with E-state index in [1.165, 1.54) is 17.2 Å². The number of hydrogen-bond acceptors (Lipinski definition) is 2. The third kappa shape index (κ3) is 4.45. The fourth-order valence-corrected chi connectivity index (χ4v) is 2.60. The molecule has 21 heavy (non-hydrogen) atoms. The average molecular weight is 286 g/mol. The van der Waals surface area contributed by atoms with Crippen LogP contribution < -0.4 is 5.32 Å². The average Bonchev–Trinajstić information content (AvgIpc) is 2.42. The van der Waals surface area contributed by atoms with E-state index in [4.69, 9.17) is 0 Å². The molecule has 112 valence electrons. The van der Waals surface area contributed by atoms with E-state index in [0.29, 0.717) is 18.9 Å². The largest absolute Gasteiger partial charge is 0.352 e. The summed E-state index contributed by atoms with van der Waals surface area (Å²) in [6.45, 7) is 7.49.